The van der Waals surface area contributed by atoms with Crippen molar-refractivity contribution in [1.29, 1.82) is 0 Å². The van der Waals surface area contributed by atoms with Crippen molar-refractivity contribution >= 4 is 33.9 Å². The lowest BCUT2D eigenvalue weighted by molar-refractivity contribution is -0.136. The average molecular weight is 357 g/mol. The number of hydrogen-bond donors (Lipinski definition) is 1. The van der Waals surface area contributed by atoms with E-state index in [-0.39, 0.29) is 12.3 Å². The smallest absolute Gasteiger partial charge is 0.309 e. The number of carboxylic acid groups (broad SMARTS) is 1. The minimum absolute atomic E-state index is 0.0912. The van der Waals surface area contributed by atoms with Crippen LogP contribution in [0, 0.1) is 0 Å². The lowest BCUT2D eigenvalue weighted by Crippen LogP contribution is -2.41. The molecule has 0 bridgehead atoms. The monoisotopic (exact) mass is 357 g/mol. The zero-order chi connectivity index (χ0) is 17.7. The van der Waals surface area contributed by atoms with E-state index in [0.29, 0.717) is 17.1 Å². The van der Waals surface area contributed by atoms with Gasteiger partial charge in [0.1, 0.15) is 5.75 Å². The fourth-order valence-corrected chi connectivity index (χ4v) is 3.85. The minimum atomic E-state index is -0.910. The number of anilines is 1. The predicted molar refractivity (Wildman–Crippen MR) is 93.3 cm³/mol. The number of aliphatic carboxylic acids is 1. The standard InChI is InChI=1S/C17H15N3O4S/c1-9-16(23)19(2)12-5-10(3-4-14(12)24-9)13-8-25-17-18-11(6-15(21)22)7-20(13)17/h3-5,7-9H,6H2,1-2H3,(H,21,22). The highest BCUT2D eigenvalue weighted by atomic mass is 32.1. The molecule has 1 unspecified atom stereocenters. The summed E-state index contributed by atoms with van der Waals surface area (Å²) in [5.74, 6) is -0.332. The molecule has 1 aliphatic rings. The lowest BCUT2D eigenvalue weighted by atomic mass is 10.1. The van der Waals surface area contributed by atoms with E-state index in [4.69, 9.17) is 9.84 Å². The van der Waals surface area contributed by atoms with Gasteiger partial charge in [-0.2, -0.15) is 0 Å². The number of ether oxygens (including phenoxy) is 1. The van der Waals surface area contributed by atoms with Crippen LogP contribution in [0.25, 0.3) is 16.2 Å². The van der Waals surface area contributed by atoms with E-state index in [1.54, 1.807) is 25.1 Å². The molecule has 3 heterocycles. The highest BCUT2D eigenvalue weighted by Crippen LogP contribution is 2.37. The summed E-state index contributed by atoms with van der Waals surface area (Å²) in [4.78, 5) is 29.7. The molecule has 0 aliphatic carbocycles. The van der Waals surface area contributed by atoms with Crippen LogP contribution in [-0.4, -0.2) is 39.5 Å². The van der Waals surface area contributed by atoms with Crippen LogP contribution in [-0.2, 0) is 16.0 Å². The molecule has 2 aromatic heterocycles. The Labute approximate surface area is 147 Å². The van der Waals surface area contributed by atoms with E-state index >= 15 is 0 Å². The second-order valence-corrected chi connectivity index (χ2v) is 6.75. The number of fused-ring (bicyclic) bond motifs is 2. The molecule has 1 atom stereocenters. The van der Waals surface area contributed by atoms with Crippen LogP contribution in [0.4, 0.5) is 5.69 Å². The molecule has 0 saturated carbocycles. The molecule has 7 nitrogen and oxygen atoms in total. The first-order valence-corrected chi connectivity index (χ1v) is 8.58. The van der Waals surface area contributed by atoms with E-state index in [0.717, 1.165) is 16.2 Å². The second-order valence-electron chi connectivity index (χ2n) is 5.92. The number of rotatable bonds is 3. The first kappa shape index (κ1) is 15.6. The number of hydrogen-bond acceptors (Lipinski definition) is 5. The van der Waals surface area contributed by atoms with Gasteiger partial charge in [0.2, 0.25) is 0 Å². The van der Waals surface area contributed by atoms with Crippen molar-refractivity contribution in [3.05, 3.63) is 35.5 Å². The Morgan fingerprint density at radius 3 is 3.00 bits per heavy atom. The molecule has 8 heteroatoms. The maximum Gasteiger partial charge on any atom is 0.309 e. The van der Waals surface area contributed by atoms with Gasteiger partial charge in [-0.25, -0.2) is 4.98 Å². The molecule has 3 aromatic rings. The quantitative estimate of drug-likeness (QED) is 0.778. The first-order chi connectivity index (χ1) is 11.9. The third-order valence-electron chi connectivity index (χ3n) is 4.19. The molecular formula is C17H15N3O4S. The van der Waals surface area contributed by atoms with Crippen molar-refractivity contribution < 1.29 is 19.4 Å². The van der Waals surface area contributed by atoms with E-state index in [1.807, 2.05) is 28.0 Å². The zero-order valence-electron chi connectivity index (χ0n) is 13.6. The molecule has 1 aromatic carbocycles. The Morgan fingerprint density at radius 1 is 1.44 bits per heavy atom. The number of nitrogens with zero attached hydrogens (tertiary/aromatic N) is 3. The fourth-order valence-electron chi connectivity index (χ4n) is 2.95. The summed E-state index contributed by atoms with van der Waals surface area (Å²) in [6, 6.07) is 5.67. The summed E-state index contributed by atoms with van der Waals surface area (Å²) < 4.78 is 7.52. The lowest BCUT2D eigenvalue weighted by Gasteiger charge is -2.30. The molecule has 0 saturated heterocycles. The Balaban J connectivity index is 1.78. The molecule has 1 N–H and O–H groups in total. The van der Waals surface area contributed by atoms with Crippen molar-refractivity contribution in [2.24, 2.45) is 0 Å². The van der Waals surface area contributed by atoms with Crippen molar-refractivity contribution in [3.63, 3.8) is 0 Å². The summed E-state index contributed by atoms with van der Waals surface area (Å²) >= 11 is 1.44. The average Bonchev–Trinajstić information content (AvgIpc) is 3.12. The fraction of sp³-hybridized carbons (Fsp3) is 0.235. The SMILES string of the molecule is CC1Oc2ccc(-c3csc4nc(CC(=O)O)cn34)cc2N(C)C1=O. The summed E-state index contributed by atoms with van der Waals surface area (Å²) in [7, 11) is 1.73. The van der Waals surface area contributed by atoms with Gasteiger partial charge >= 0.3 is 5.97 Å². The number of amides is 1. The van der Waals surface area contributed by atoms with Gasteiger partial charge in [-0.1, -0.05) is 0 Å². The van der Waals surface area contributed by atoms with Crippen LogP contribution in [0.1, 0.15) is 12.6 Å². The second kappa shape index (κ2) is 5.59. The zero-order valence-corrected chi connectivity index (χ0v) is 14.4. The van der Waals surface area contributed by atoms with Crippen LogP contribution in [0.5, 0.6) is 5.75 Å². The van der Waals surface area contributed by atoms with E-state index in [9.17, 15) is 9.59 Å². The van der Waals surface area contributed by atoms with Crippen molar-refractivity contribution in [3.8, 4) is 17.0 Å². The highest BCUT2D eigenvalue weighted by Gasteiger charge is 2.29. The Kier molecular flexibility index (Phi) is 3.50. The molecule has 0 fully saturated rings. The molecular weight excluding hydrogens is 342 g/mol. The van der Waals surface area contributed by atoms with Gasteiger partial charge in [-0.15, -0.1) is 11.3 Å². The van der Waals surface area contributed by atoms with Gasteiger partial charge in [-0.05, 0) is 25.1 Å². The molecule has 1 aliphatic heterocycles. The molecule has 0 radical (unpaired) electrons. The van der Waals surface area contributed by atoms with Gasteiger partial charge in [0.05, 0.1) is 23.5 Å². The summed E-state index contributed by atoms with van der Waals surface area (Å²) in [5, 5.41) is 10.9. The van der Waals surface area contributed by atoms with Crippen LogP contribution < -0.4 is 9.64 Å². The van der Waals surface area contributed by atoms with Gasteiger partial charge in [0.25, 0.3) is 5.91 Å². The van der Waals surface area contributed by atoms with E-state index in [1.165, 1.54) is 11.3 Å². The first-order valence-electron chi connectivity index (χ1n) is 7.70. The van der Waals surface area contributed by atoms with Crippen LogP contribution in [0.15, 0.2) is 29.8 Å². The molecule has 25 heavy (non-hydrogen) atoms. The Bertz CT molecular complexity index is 1010. The number of carbonyl (C=O) groups is 2. The third-order valence-corrected chi connectivity index (χ3v) is 5.03. The third kappa shape index (κ3) is 2.54. The molecule has 1 amide bonds. The van der Waals surface area contributed by atoms with Crippen molar-refractivity contribution in [1.82, 2.24) is 9.38 Å². The number of likely N-dealkylation sites (N-methyl/N-ethyl adjacent to an activating group) is 1. The van der Waals surface area contributed by atoms with Crippen LogP contribution >= 0.6 is 11.3 Å². The summed E-state index contributed by atoms with van der Waals surface area (Å²) in [6.45, 7) is 1.73. The van der Waals surface area contributed by atoms with Gasteiger partial charge in [0.15, 0.2) is 11.1 Å². The topological polar surface area (TPSA) is 84.1 Å². The van der Waals surface area contributed by atoms with Gasteiger partial charge in [0, 0.05) is 24.2 Å². The molecule has 0 spiro atoms. The predicted octanol–water partition coefficient (Wildman–Crippen LogP) is 2.43. The van der Waals surface area contributed by atoms with Crippen LogP contribution in [0.2, 0.25) is 0 Å². The minimum Gasteiger partial charge on any atom is -0.481 e. The Hall–Kier alpha value is -2.87. The Morgan fingerprint density at radius 2 is 2.24 bits per heavy atom. The normalized spacial score (nSPS) is 16.8. The number of carbonyl (C=O) groups excluding carboxylic acids is 1. The van der Waals surface area contributed by atoms with Crippen molar-refractivity contribution in [2.45, 2.75) is 19.4 Å². The van der Waals surface area contributed by atoms with Crippen molar-refractivity contribution in [2.75, 3.05) is 11.9 Å². The van der Waals surface area contributed by atoms with Gasteiger partial charge in [-0.3, -0.25) is 14.0 Å². The number of thiazole rings is 1. The molecule has 4 rings (SSSR count). The van der Waals surface area contributed by atoms with Crippen LogP contribution in [0.3, 0.4) is 0 Å². The number of aromatic nitrogens is 2. The highest BCUT2D eigenvalue weighted by molar-refractivity contribution is 7.15. The molecule has 128 valence electrons. The maximum atomic E-state index is 12.1. The number of carboxylic acids is 1. The number of imidazole rings is 1. The summed E-state index contributed by atoms with van der Waals surface area (Å²) in [6.07, 6.45) is 1.13. The van der Waals surface area contributed by atoms with E-state index in [2.05, 4.69) is 4.98 Å². The maximum absolute atomic E-state index is 12.1. The largest absolute Gasteiger partial charge is 0.481 e. The van der Waals surface area contributed by atoms with Gasteiger partial charge < -0.3 is 14.7 Å². The number of benzene rings is 1. The van der Waals surface area contributed by atoms with E-state index < -0.39 is 12.1 Å². The summed E-state index contributed by atoms with van der Waals surface area (Å²) in [5.41, 5.74) is 3.03.